The molecule has 110 valence electrons. The Kier molecular flexibility index (Phi) is 5.46. The Morgan fingerprint density at radius 3 is 2.19 bits per heavy atom. The quantitative estimate of drug-likeness (QED) is 0.765. The van der Waals surface area contributed by atoms with E-state index in [0.29, 0.717) is 12.2 Å². The third-order valence-electron chi connectivity index (χ3n) is 3.15. The maximum absolute atomic E-state index is 13.5. The maximum atomic E-state index is 13.5. The van der Waals surface area contributed by atoms with E-state index in [0.717, 1.165) is 11.1 Å². The molecule has 0 aliphatic rings. The van der Waals surface area contributed by atoms with Gasteiger partial charge in [-0.1, -0.05) is 42.5 Å². The van der Waals surface area contributed by atoms with Crippen LogP contribution < -0.4 is 0 Å². The average Bonchev–Trinajstić information content (AvgIpc) is 2.50. The van der Waals surface area contributed by atoms with Gasteiger partial charge in [0.2, 0.25) is 0 Å². The Morgan fingerprint density at radius 2 is 1.52 bits per heavy atom. The van der Waals surface area contributed by atoms with Gasteiger partial charge in [-0.05, 0) is 17.2 Å². The van der Waals surface area contributed by atoms with Gasteiger partial charge < -0.3 is 9.47 Å². The van der Waals surface area contributed by atoms with Gasteiger partial charge in [-0.2, -0.15) is 0 Å². The highest BCUT2D eigenvalue weighted by molar-refractivity contribution is 5.72. The van der Waals surface area contributed by atoms with E-state index >= 15 is 0 Å². The second kappa shape index (κ2) is 7.55. The molecule has 0 spiro atoms. The first-order valence-corrected chi connectivity index (χ1v) is 6.65. The molecule has 2 aromatic rings. The van der Waals surface area contributed by atoms with Crippen LogP contribution in [-0.2, 0) is 33.9 Å². The number of ether oxygens (including phenoxy) is 2. The molecule has 0 saturated heterocycles. The molecule has 4 heteroatoms. The topological polar surface area (TPSA) is 35.5 Å². The van der Waals surface area contributed by atoms with E-state index in [1.165, 1.54) is 13.2 Å². The maximum Gasteiger partial charge on any atom is 0.309 e. The van der Waals surface area contributed by atoms with Crippen molar-refractivity contribution < 1.29 is 18.7 Å². The third kappa shape index (κ3) is 4.39. The van der Waals surface area contributed by atoms with Gasteiger partial charge in [0.05, 0.1) is 26.7 Å². The summed E-state index contributed by atoms with van der Waals surface area (Å²) in [6.45, 7) is 0.515. The summed E-state index contributed by atoms with van der Waals surface area (Å²) in [6.07, 6.45) is 0.204. The van der Waals surface area contributed by atoms with Crippen molar-refractivity contribution in [1.82, 2.24) is 0 Å². The zero-order valence-electron chi connectivity index (χ0n) is 11.8. The number of esters is 1. The number of rotatable bonds is 6. The van der Waals surface area contributed by atoms with Crippen molar-refractivity contribution in [2.75, 3.05) is 7.11 Å². The fourth-order valence-electron chi connectivity index (χ4n) is 1.98. The lowest BCUT2D eigenvalue weighted by Crippen LogP contribution is -2.07. The predicted octanol–water partition coefficient (Wildman–Crippen LogP) is 3.26. The van der Waals surface area contributed by atoms with Crippen LogP contribution in [0.2, 0.25) is 0 Å². The summed E-state index contributed by atoms with van der Waals surface area (Å²) in [4.78, 5) is 11.4. The molecule has 2 rings (SSSR count). The van der Waals surface area contributed by atoms with Crippen LogP contribution in [0.3, 0.4) is 0 Å². The van der Waals surface area contributed by atoms with Gasteiger partial charge in [0.15, 0.2) is 0 Å². The Balaban J connectivity index is 1.97. The minimum Gasteiger partial charge on any atom is -0.469 e. The van der Waals surface area contributed by atoms with Crippen molar-refractivity contribution in [2.45, 2.75) is 19.6 Å². The molecule has 0 saturated carbocycles. The third-order valence-corrected chi connectivity index (χ3v) is 3.15. The minimum absolute atomic E-state index is 0.194. The highest BCUT2D eigenvalue weighted by Gasteiger charge is 2.08. The van der Waals surface area contributed by atoms with Crippen molar-refractivity contribution in [3.8, 4) is 0 Å². The molecule has 2 aromatic carbocycles. The molecule has 0 fully saturated rings. The molecule has 0 aliphatic carbocycles. The molecule has 0 radical (unpaired) electrons. The van der Waals surface area contributed by atoms with E-state index in [1.807, 2.05) is 24.3 Å². The summed E-state index contributed by atoms with van der Waals surface area (Å²) in [6, 6.07) is 14.0. The van der Waals surface area contributed by atoms with E-state index in [-0.39, 0.29) is 24.8 Å². The Labute approximate surface area is 123 Å². The summed E-state index contributed by atoms with van der Waals surface area (Å²) in [5.41, 5.74) is 2.28. The molecule has 0 unspecified atom stereocenters. The Hall–Kier alpha value is -2.20. The van der Waals surface area contributed by atoms with E-state index in [1.54, 1.807) is 18.2 Å². The van der Waals surface area contributed by atoms with Gasteiger partial charge in [-0.25, -0.2) is 4.39 Å². The lowest BCUT2D eigenvalue weighted by molar-refractivity contribution is -0.139. The Bertz CT molecular complexity index is 610. The molecule has 0 aromatic heterocycles. The predicted molar refractivity (Wildman–Crippen MR) is 77.1 cm³/mol. The SMILES string of the molecule is COC(=O)Cc1ccccc1COCc1ccccc1F. The fourth-order valence-corrected chi connectivity index (χ4v) is 1.98. The molecule has 21 heavy (non-hydrogen) atoms. The van der Waals surface area contributed by atoms with Crippen molar-refractivity contribution >= 4 is 5.97 Å². The average molecular weight is 288 g/mol. The number of benzene rings is 2. The summed E-state index contributed by atoms with van der Waals surface area (Å²) < 4.78 is 23.7. The van der Waals surface area contributed by atoms with Crippen molar-refractivity contribution in [2.24, 2.45) is 0 Å². The molecule has 0 amide bonds. The van der Waals surface area contributed by atoms with Gasteiger partial charge in [-0.3, -0.25) is 4.79 Å². The fraction of sp³-hybridized carbons (Fsp3) is 0.235. The van der Waals surface area contributed by atoms with Gasteiger partial charge in [0.1, 0.15) is 5.82 Å². The zero-order chi connectivity index (χ0) is 15.1. The van der Waals surface area contributed by atoms with Crippen molar-refractivity contribution in [1.29, 1.82) is 0 Å². The smallest absolute Gasteiger partial charge is 0.309 e. The molecule has 0 N–H and O–H groups in total. The zero-order valence-corrected chi connectivity index (χ0v) is 11.8. The van der Waals surface area contributed by atoms with Crippen LogP contribution >= 0.6 is 0 Å². The van der Waals surface area contributed by atoms with Gasteiger partial charge in [-0.15, -0.1) is 0 Å². The highest BCUT2D eigenvalue weighted by Crippen LogP contribution is 2.14. The van der Waals surface area contributed by atoms with E-state index in [2.05, 4.69) is 4.74 Å². The standard InChI is InChI=1S/C17H17FO3/c1-20-17(19)10-13-6-2-3-7-14(13)11-21-12-15-8-4-5-9-16(15)18/h2-9H,10-12H2,1H3. The number of hydrogen-bond donors (Lipinski definition) is 0. The summed E-state index contributed by atoms with van der Waals surface area (Å²) >= 11 is 0. The number of hydrogen-bond acceptors (Lipinski definition) is 3. The van der Waals surface area contributed by atoms with Crippen molar-refractivity contribution in [3.05, 3.63) is 71.0 Å². The Morgan fingerprint density at radius 1 is 0.952 bits per heavy atom. The first-order valence-electron chi connectivity index (χ1n) is 6.65. The first kappa shape index (κ1) is 15.2. The molecule has 0 bridgehead atoms. The first-order chi connectivity index (χ1) is 10.2. The van der Waals surface area contributed by atoms with Gasteiger partial charge in [0, 0.05) is 5.56 Å². The lowest BCUT2D eigenvalue weighted by atomic mass is 10.1. The molecular weight excluding hydrogens is 271 g/mol. The van der Waals surface area contributed by atoms with Crippen LogP contribution in [0.1, 0.15) is 16.7 Å². The monoisotopic (exact) mass is 288 g/mol. The largest absolute Gasteiger partial charge is 0.469 e. The van der Waals surface area contributed by atoms with Crippen LogP contribution in [0, 0.1) is 5.82 Å². The molecule has 0 atom stereocenters. The second-order valence-electron chi connectivity index (χ2n) is 4.61. The van der Waals surface area contributed by atoms with Crippen molar-refractivity contribution in [3.63, 3.8) is 0 Å². The van der Waals surface area contributed by atoms with E-state index in [4.69, 9.17) is 4.74 Å². The van der Waals surface area contributed by atoms with Crippen LogP contribution in [0.15, 0.2) is 48.5 Å². The van der Waals surface area contributed by atoms with E-state index < -0.39 is 0 Å². The number of carbonyl (C=O) groups excluding carboxylic acids is 1. The number of carbonyl (C=O) groups is 1. The van der Waals surface area contributed by atoms with Gasteiger partial charge in [0.25, 0.3) is 0 Å². The summed E-state index contributed by atoms with van der Waals surface area (Å²) in [5, 5.41) is 0. The normalized spacial score (nSPS) is 10.4. The minimum atomic E-state index is -0.295. The molecular formula is C17H17FO3. The molecule has 3 nitrogen and oxygen atoms in total. The molecule has 0 aliphatic heterocycles. The van der Waals surface area contributed by atoms with E-state index in [9.17, 15) is 9.18 Å². The molecule has 0 heterocycles. The second-order valence-corrected chi connectivity index (χ2v) is 4.61. The summed E-state index contributed by atoms with van der Waals surface area (Å²) in [7, 11) is 1.36. The lowest BCUT2D eigenvalue weighted by Gasteiger charge is -2.10. The van der Waals surface area contributed by atoms with Crippen LogP contribution in [0.4, 0.5) is 4.39 Å². The number of methoxy groups -OCH3 is 1. The highest BCUT2D eigenvalue weighted by atomic mass is 19.1. The van der Waals surface area contributed by atoms with Crippen LogP contribution in [-0.4, -0.2) is 13.1 Å². The summed E-state index contributed by atoms with van der Waals surface area (Å²) in [5.74, 6) is -0.572. The van der Waals surface area contributed by atoms with Crippen LogP contribution in [0.25, 0.3) is 0 Å². The van der Waals surface area contributed by atoms with Crippen LogP contribution in [0.5, 0.6) is 0 Å². The van der Waals surface area contributed by atoms with Gasteiger partial charge >= 0.3 is 5.97 Å². The number of halogens is 1.